The minimum Gasteiger partial charge on any atom is -0.421 e. The molecule has 7 heteroatoms. The third-order valence-corrected chi connectivity index (χ3v) is 4.35. The maximum Gasteiger partial charge on any atom is 0.248 e. The van der Waals surface area contributed by atoms with E-state index in [9.17, 15) is 4.79 Å². The second kappa shape index (κ2) is 6.93. The number of benzene rings is 1. The van der Waals surface area contributed by atoms with Gasteiger partial charge in [0.2, 0.25) is 17.7 Å². The first kappa shape index (κ1) is 15.7. The fourth-order valence-corrected chi connectivity index (χ4v) is 2.78. The number of hydrogen-bond acceptors (Lipinski definition) is 5. The maximum atomic E-state index is 12.0. The molecule has 0 bridgehead atoms. The topological polar surface area (TPSA) is 68.0 Å². The molecule has 118 valence electrons. The third kappa shape index (κ3) is 3.97. The number of halogens is 1. The third-order valence-electron chi connectivity index (χ3n) is 3.26. The zero-order chi connectivity index (χ0) is 16.2. The summed E-state index contributed by atoms with van der Waals surface area (Å²) >= 11 is 7.60. The first-order chi connectivity index (χ1) is 11.1. The number of anilines is 1. The Balaban J connectivity index is 1.55. The van der Waals surface area contributed by atoms with Crippen molar-refractivity contribution >= 4 is 34.5 Å². The molecule has 23 heavy (non-hydrogen) atoms. The first-order valence-corrected chi connectivity index (χ1v) is 8.35. The number of aryl methyl sites for hydroxylation is 2. The Kier molecular flexibility index (Phi) is 4.73. The van der Waals surface area contributed by atoms with Crippen LogP contribution in [-0.4, -0.2) is 16.1 Å². The molecule has 3 rings (SSSR count). The molecule has 0 fully saturated rings. The fraction of sp³-hybridized carbons (Fsp3) is 0.188. The molecule has 0 saturated carbocycles. The van der Waals surface area contributed by atoms with E-state index in [4.69, 9.17) is 16.0 Å². The van der Waals surface area contributed by atoms with Crippen LogP contribution >= 0.6 is 22.9 Å². The largest absolute Gasteiger partial charge is 0.421 e. The van der Waals surface area contributed by atoms with Gasteiger partial charge in [-0.05, 0) is 36.1 Å². The summed E-state index contributed by atoms with van der Waals surface area (Å²) in [6.45, 7) is 1.91. The Morgan fingerprint density at radius 3 is 2.96 bits per heavy atom. The van der Waals surface area contributed by atoms with E-state index in [0.29, 0.717) is 28.9 Å². The van der Waals surface area contributed by atoms with Crippen LogP contribution in [-0.2, 0) is 11.2 Å². The molecule has 0 saturated heterocycles. The van der Waals surface area contributed by atoms with E-state index in [1.165, 1.54) is 0 Å². The smallest absolute Gasteiger partial charge is 0.248 e. The van der Waals surface area contributed by atoms with Gasteiger partial charge in [0.05, 0.1) is 0 Å². The molecule has 0 aliphatic rings. The number of rotatable bonds is 5. The number of hydrogen-bond donors (Lipinski definition) is 1. The van der Waals surface area contributed by atoms with E-state index >= 15 is 0 Å². The first-order valence-electron chi connectivity index (χ1n) is 7.03. The van der Waals surface area contributed by atoms with Crippen LogP contribution in [0.25, 0.3) is 11.5 Å². The van der Waals surface area contributed by atoms with E-state index in [2.05, 4.69) is 15.5 Å². The molecule has 1 N–H and O–H groups in total. The molecule has 3 aromatic rings. The Morgan fingerprint density at radius 2 is 2.22 bits per heavy atom. The molecule has 5 nitrogen and oxygen atoms in total. The van der Waals surface area contributed by atoms with Crippen molar-refractivity contribution in [2.75, 3.05) is 5.32 Å². The lowest BCUT2D eigenvalue weighted by atomic mass is 10.2. The van der Waals surface area contributed by atoms with Crippen LogP contribution in [0.3, 0.4) is 0 Å². The van der Waals surface area contributed by atoms with Gasteiger partial charge in [0, 0.05) is 34.5 Å². The number of carbonyl (C=O) groups excluding carboxylic acids is 1. The summed E-state index contributed by atoms with van der Waals surface area (Å²) in [6.07, 6.45) is 0.652. The van der Waals surface area contributed by atoms with Crippen LogP contribution in [0.4, 0.5) is 5.69 Å². The zero-order valence-electron chi connectivity index (χ0n) is 12.4. The summed E-state index contributed by atoms with van der Waals surface area (Å²) in [5.74, 6) is 0.801. The lowest BCUT2D eigenvalue weighted by molar-refractivity contribution is -0.116. The van der Waals surface area contributed by atoms with Gasteiger partial charge in [-0.15, -0.1) is 10.2 Å². The standard InChI is InChI=1S/C16H14ClN3O2S/c1-10-2-3-12(8-13(10)17)18-14(21)4-5-15-19-20-16(22-15)11-6-7-23-9-11/h2-3,6-9H,4-5H2,1H3,(H,18,21). The predicted octanol–water partition coefficient (Wildman–Crippen LogP) is 4.33. The van der Waals surface area contributed by atoms with Gasteiger partial charge >= 0.3 is 0 Å². The van der Waals surface area contributed by atoms with Gasteiger partial charge in [-0.25, -0.2) is 0 Å². The molecule has 0 atom stereocenters. The van der Waals surface area contributed by atoms with Gasteiger partial charge in [0.1, 0.15) is 0 Å². The van der Waals surface area contributed by atoms with Gasteiger partial charge < -0.3 is 9.73 Å². The van der Waals surface area contributed by atoms with Crippen LogP contribution in [0.15, 0.2) is 39.4 Å². The molecular formula is C16H14ClN3O2S. The lowest BCUT2D eigenvalue weighted by Gasteiger charge is -2.06. The van der Waals surface area contributed by atoms with Crippen molar-refractivity contribution in [2.24, 2.45) is 0 Å². The molecule has 0 unspecified atom stereocenters. The van der Waals surface area contributed by atoms with E-state index in [0.717, 1.165) is 11.1 Å². The van der Waals surface area contributed by atoms with Crippen LogP contribution in [0.1, 0.15) is 17.9 Å². The quantitative estimate of drug-likeness (QED) is 0.745. The van der Waals surface area contributed by atoms with Crippen LogP contribution in [0.5, 0.6) is 0 Å². The summed E-state index contributed by atoms with van der Waals surface area (Å²) in [5.41, 5.74) is 2.54. The summed E-state index contributed by atoms with van der Waals surface area (Å²) in [4.78, 5) is 12.0. The van der Waals surface area contributed by atoms with Gasteiger partial charge in [-0.3, -0.25) is 4.79 Å². The SMILES string of the molecule is Cc1ccc(NC(=O)CCc2nnc(-c3ccsc3)o2)cc1Cl. The van der Waals surface area contributed by atoms with E-state index < -0.39 is 0 Å². The van der Waals surface area contributed by atoms with Gasteiger partial charge in [-0.2, -0.15) is 11.3 Å². The summed E-state index contributed by atoms with van der Waals surface area (Å²) < 4.78 is 5.55. The van der Waals surface area contributed by atoms with Crippen molar-refractivity contribution < 1.29 is 9.21 Å². The Bertz CT molecular complexity index is 815. The minimum absolute atomic E-state index is 0.125. The van der Waals surface area contributed by atoms with Crippen molar-refractivity contribution in [1.82, 2.24) is 10.2 Å². The Morgan fingerprint density at radius 1 is 1.35 bits per heavy atom. The second-order valence-corrected chi connectivity index (χ2v) is 6.21. The number of nitrogens with one attached hydrogen (secondary N) is 1. The monoisotopic (exact) mass is 347 g/mol. The highest BCUT2D eigenvalue weighted by Gasteiger charge is 2.11. The molecule has 0 spiro atoms. The van der Waals surface area contributed by atoms with Crippen molar-refractivity contribution in [1.29, 1.82) is 0 Å². The average Bonchev–Trinajstić information content (AvgIpc) is 3.19. The molecule has 1 aromatic carbocycles. The Hall–Kier alpha value is -2.18. The number of nitrogens with zero attached hydrogens (tertiary/aromatic N) is 2. The van der Waals surface area contributed by atoms with Crippen molar-refractivity contribution in [3.05, 3.63) is 51.5 Å². The highest BCUT2D eigenvalue weighted by molar-refractivity contribution is 7.08. The lowest BCUT2D eigenvalue weighted by Crippen LogP contribution is -2.12. The average molecular weight is 348 g/mol. The predicted molar refractivity (Wildman–Crippen MR) is 90.8 cm³/mol. The van der Waals surface area contributed by atoms with Gasteiger partial charge in [-0.1, -0.05) is 17.7 Å². The molecule has 0 aliphatic carbocycles. The van der Waals surface area contributed by atoms with Crippen molar-refractivity contribution in [2.45, 2.75) is 19.8 Å². The molecule has 2 aromatic heterocycles. The maximum absolute atomic E-state index is 12.0. The van der Waals surface area contributed by atoms with Crippen LogP contribution < -0.4 is 5.32 Å². The van der Waals surface area contributed by atoms with Gasteiger partial charge in [0.15, 0.2) is 0 Å². The number of carbonyl (C=O) groups is 1. The molecule has 0 radical (unpaired) electrons. The summed E-state index contributed by atoms with van der Waals surface area (Å²) in [5, 5.41) is 15.3. The van der Waals surface area contributed by atoms with E-state index in [-0.39, 0.29) is 12.3 Å². The van der Waals surface area contributed by atoms with E-state index in [1.54, 1.807) is 17.4 Å². The Labute approximate surface area is 142 Å². The minimum atomic E-state index is -0.125. The molecule has 1 amide bonds. The fourth-order valence-electron chi connectivity index (χ4n) is 1.97. The van der Waals surface area contributed by atoms with Crippen molar-refractivity contribution in [3.8, 4) is 11.5 Å². The number of thiophene rings is 1. The van der Waals surface area contributed by atoms with E-state index in [1.807, 2.05) is 35.9 Å². The normalized spacial score (nSPS) is 10.7. The number of amides is 1. The summed E-state index contributed by atoms with van der Waals surface area (Å²) in [7, 11) is 0. The zero-order valence-corrected chi connectivity index (χ0v) is 13.9. The van der Waals surface area contributed by atoms with Crippen LogP contribution in [0, 0.1) is 6.92 Å². The molecule has 0 aliphatic heterocycles. The van der Waals surface area contributed by atoms with Crippen molar-refractivity contribution in [3.63, 3.8) is 0 Å². The van der Waals surface area contributed by atoms with Crippen LogP contribution in [0.2, 0.25) is 5.02 Å². The van der Waals surface area contributed by atoms with Gasteiger partial charge in [0.25, 0.3) is 0 Å². The molecular weight excluding hydrogens is 334 g/mol. The summed E-state index contributed by atoms with van der Waals surface area (Å²) in [6, 6.07) is 7.33. The highest BCUT2D eigenvalue weighted by atomic mass is 35.5. The number of aromatic nitrogens is 2. The second-order valence-electron chi connectivity index (χ2n) is 5.03. The highest BCUT2D eigenvalue weighted by Crippen LogP contribution is 2.22. The molecule has 2 heterocycles.